The molecule has 154 valence electrons. The van der Waals surface area contributed by atoms with Gasteiger partial charge in [0.1, 0.15) is 0 Å². The lowest BCUT2D eigenvalue weighted by atomic mass is 10.0. The SMILES string of the molecule is CC(C)CC1CN(CCCCCNC(=O)c2cc(-c3cccs3)on2)CCN1. The summed E-state index contributed by atoms with van der Waals surface area (Å²) in [7, 11) is 0. The maximum atomic E-state index is 12.2. The van der Waals surface area contributed by atoms with Crippen LogP contribution in [0, 0.1) is 5.92 Å². The molecular weight excluding hydrogens is 372 g/mol. The van der Waals surface area contributed by atoms with Crippen molar-refractivity contribution in [3.63, 3.8) is 0 Å². The van der Waals surface area contributed by atoms with Gasteiger partial charge in [-0.2, -0.15) is 0 Å². The van der Waals surface area contributed by atoms with Crippen molar-refractivity contribution in [2.75, 3.05) is 32.7 Å². The number of carbonyl (C=O) groups is 1. The molecule has 1 atom stereocenters. The van der Waals surface area contributed by atoms with E-state index in [1.165, 1.54) is 12.8 Å². The van der Waals surface area contributed by atoms with Gasteiger partial charge in [0.15, 0.2) is 11.5 Å². The largest absolute Gasteiger partial charge is 0.355 e. The topological polar surface area (TPSA) is 70.4 Å². The predicted molar refractivity (Wildman–Crippen MR) is 114 cm³/mol. The Bertz CT molecular complexity index is 714. The zero-order valence-electron chi connectivity index (χ0n) is 16.9. The summed E-state index contributed by atoms with van der Waals surface area (Å²) in [5.41, 5.74) is 0.348. The zero-order valence-corrected chi connectivity index (χ0v) is 17.8. The van der Waals surface area contributed by atoms with E-state index in [0.717, 1.165) is 49.8 Å². The molecule has 3 rings (SSSR count). The highest BCUT2D eigenvalue weighted by Crippen LogP contribution is 2.25. The molecule has 0 aromatic carbocycles. The Kier molecular flexibility index (Phi) is 8.06. The molecule has 0 spiro atoms. The maximum absolute atomic E-state index is 12.2. The lowest BCUT2D eigenvalue weighted by molar-refractivity contribution is 0.0943. The number of hydrogen-bond acceptors (Lipinski definition) is 6. The Balaban J connectivity index is 1.28. The van der Waals surface area contributed by atoms with Crippen LogP contribution in [0.25, 0.3) is 10.6 Å². The van der Waals surface area contributed by atoms with Crippen LogP contribution in [-0.2, 0) is 0 Å². The smallest absolute Gasteiger partial charge is 0.273 e. The highest BCUT2D eigenvalue weighted by atomic mass is 32.1. The summed E-state index contributed by atoms with van der Waals surface area (Å²) in [5, 5.41) is 12.4. The number of nitrogens with one attached hydrogen (secondary N) is 2. The van der Waals surface area contributed by atoms with Gasteiger partial charge in [-0.15, -0.1) is 11.3 Å². The monoisotopic (exact) mass is 404 g/mol. The van der Waals surface area contributed by atoms with Crippen LogP contribution in [0.4, 0.5) is 0 Å². The summed E-state index contributed by atoms with van der Waals surface area (Å²) in [5.74, 6) is 1.23. The highest BCUT2D eigenvalue weighted by Gasteiger charge is 2.19. The van der Waals surface area contributed by atoms with Crippen LogP contribution >= 0.6 is 11.3 Å². The van der Waals surface area contributed by atoms with E-state index in [4.69, 9.17) is 4.52 Å². The van der Waals surface area contributed by atoms with Gasteiger partial charge in [-0.1, -0.05) is 31.5 Å². The molecule has 1 saturated heterocycles. The van der Waals surface area contributed by atoms with Crippen LogP contribution in [-0.4, -0.2) is 54.7 Å². The fourth-order valence-electron chi connectivity index (χ4n) is 3.67. The van der Waals surface area contributed by atoms with Gasteiger partial charge >= 0.3 is 0 Å². The first-order chi connectivity index (χ1) is 13.6. The fourth-order valence-corrected chi connectivity index (χ4v) is 4.34. The number of aromatic nitrogens is 1. The molecule has 1 aliphatic heterocycles. The maximum Gasteiger partial charge on any atom is 0.273 e. The van der Waals surface area contributed by atoms with Gasteiger partial charge in [0.25, 0.3) is 5.91 Å². The third-order valence-corrected chi connectivity index (χ3v) is 5.92. The van der Waals surface area contributed by atoms with Crippen molar-refractivity contribution < 1.29 is 9.32 Å². The van der Waals surface area contributed by atoms with Crippen molar-refractivity contribution in [3.05, 3.63) is 29.3 Å². The second kappa shape index (κ2) is 10.7. The van der Waals surface area contributed by atoms with E-state index in [1.54, 1.807) is 17.4 Å². The summed E-state index contributed by atoms with van der Waals surface area (Å²) < 4.78 is 5.26. The Morgan fingerprint density at radius 2 is 2.32 bits per heavy atom. The van der Waals surface area contributed by atoms with Gasteiger partial charge in [0, 0.05) is 38.3 Å². The molecule has 1 unspecified atom stereocenters. The van der Waals surface area contributed by atoms with Gasteiger partial charge in [-0.25, -0.2) is 0 Å². The first-order valence-corrected chi connectivity index (χ1v) is 11.2. The van der Waals surface area contributed by atoms with E-state index >= 15 is 0 Å². The number of amides is 1. The number of thiophene rings is 1. The molecule has 3 heterocycles. The summed E-state index contributed by atoms with van der Waals surface area (Å²) in [6.45, 7) is 9.81. The van der Waals surface area contributed by atoms with E-state index in [2.05, 4.69) is 34.5 Å². The number of nitrogens with zero attached hydrogens (tertiary/aromatic N) is 2. The minimum Gasteiger partial charge on any atom is -0.355 e. The van der Waals surface area contributed by atoms with Gasteiger partial charge in [0.2, 0.25) is 0 Å². The number of rotatable bonds is 10. The van der Waals surface area contributed by atoms with E-state index in [-0.39, 0.29) is 5.91 Å². The second-order valence-electron chi connectivity index (χ2n) is 7.95. The quantitative estimate of drug-likeness (QED) is 0.592. The average molecular weight is 405 g/mol. The Morgan fingerprint density at radius 3 is 3.11 bits per heavy atom. The van der Waals surface area contributed by atoms with Crippen molar-refractivity contribution in [1.82, 2.24) is 20.7 Å². The van der Waals surface area contributed by atoms with Gasteiger partial charge in [-0.3, -0.25) is 4.79 Å². The minimum atomic E-state index is -0.162. The first kappa shape index (κ1) is 21.0. The van der Waals surface area contributed by atoms with Crippen molar-refractivity contribution >= 4 is 17.2 Å². The third kappa shape index (κ3) is 6.43. The molecule has 0 bridgehead atoms. The standard InChI is InChI=1S/C21H32N4O2S/c1-16(2)13-17-15-25(11-9-22-17)10-5-3-4-8-23-21(26)18-14-19(27-24-18)20-7-6-12-28-20/h6-7,12,14,16-17,22H,3-5,8-11,13,15H2,1-2H3,(H,23,26). The van der Waals surface area contributed by atoms with E-state index in [1.807, 2.05) is 17.5 Å². The van der Waals surface area contributed by atoms with Crippen molar-refractivity contribution in [2.24, 2.45) is 5.92 Å². The lowest BCUT2D eigenvalue weighted by Gasteiger charge is -2.34. The van der Waals surface area contributed by atoms with Crippen molar-refractivity contribution in [2.45, 2.75) is 45.6 Å². The van der Waals surface area contributed by atoms with Crippen LogP contribution in [0.5, 0.6) is 0 Å². The summed E-state index contributed by atoms with van der Waals surface area (Å²) >= 11 is 1.57. The number of carbonyl (C=O) groups excluding carboxylic acids is 1. The normalized spacial score (nSPS) is 17.9. The van der Waals surface area contributed by atoms with E-state index in [0.29, 0.717) is 24.0 Å². The Hall–Kier alpha value is -1.70. The summed E-state index contributed by atoms with van der Waals surface area (Å²) in [4.78, 5) is 15.7. The molecule has 0 aliphatic carbocycles. The molecule has 2 aromatic heterocycles. The minimum absolute atomic E-state index is 0.162. The molecule has 2 aromatic rings. The van der Waals surface area contributed by atoms with Crippen molar-refractivity contribution in [1.29, 1.82) is 0 Å². The number of unbranched alkanes of at least 4 members (excludes halogenated alkanes) is 2. The molecular formula is C21H32N4O2S. The van der Waals surface area contributed by atoms with Crippen LogP contribution in [0.3, 0.4) is 0 Å². The first-order valence-electron chi connectivity index (χ1n) is 10.4. The lowest BCUT2D eigenvalue weighted by Crippen LogP contribution is -2.51. The van der Waals surface area contributed by atoms with Gasteiger partial charge < -0.3 is 20.1 Å². The molecule has 0 saturated carbocycles. The van der Waals surface area contributed by atoms with Gasteiger partial charge in [0.05, 0.1) is 4.88 Å². The molecule has 1 fully saturated rings. The predicted octanol–water partition coefficient (Wildman–Crippen LogP) is 3.62. The Labute approximate surface area is 171 Å². The van der Waals surface area contributed by atoms with Gasteiger partial charge in [-0.05, 0) is 43.2 Å². The number of piperazine rings is 1. The highest BCUT2D eigenvalue weighted by molar-refractivity contribution is 7.13. The van der Waals surface area contributed by atoms with Crippen LogP contribution in [0.1, 0.15) is 50.0 Å². The molecule has 0 radical (unpaired) electrons. The summed E-state index contributed by atoms with van der Waals surface area (Å²) in [6.07, 6.45) is 4.54. The van der Waals surface area contributed by atoms with E-state index < -0.39 is 0 Å². The van der Waals surface area contributed by atoms with Crippen LogP contribution < -0.4 is 10.6 Å². The van der Waals surface area contributed by atoms with Crippen LogP contribution in [0.2, 0.25) is 0 Å². The second-order valence-corrected chi connectivity index (χ2v) is 8.90. The molecule has 2 N–H and O–H groups in total. The van der Waals surface area contributed by atoms with Crippen LogP contribution in [0.15, 0.2) is 28.1 Å². The number of hydrogen-bond donors (Lipinski definition) is 2. The molecule has 7 heteroatoms. The summed E-state index contributed by atoms with van der Waals surface area (Å²) in [6, 6.07) is 6.25. The van der Waals surface area contributed by atoms with E-state index in [9.17, 15) is 4.79 Å². The molecule has 1 aliphatic rings. The fraction of sp³-hybridized carbons (Fsp3) is 0.619. The van der Waals surface area contributed by atoms with Crippen molar-refractivity contribution in [3.8, 4) is 10.6 Å². The average Bonchev–Trinajstić information content (AvgIpc) is 3.35. The molecule has 28 heavy (non-hydrogen) atoms. The zero-order chi connectivity index (χ0) is 19.8. The third-order valence-electron chi connectivity index (χ3n) is 5.04. The molecule has 6 nitrogen and oxygen atoms in total. The molecule has 1 amide bonds. The Morgan fingerprint density at radius 1 is 1.43 bits per heavy atom.